The largest absolute Gasteiger partial charge is 0.327 e. The molecule has 2 aliphatic rings. The molecule has 0 aromatic rings. The van der Waals surface area contributed by atoms with E-state index >= 15 is 0 Å². The summed E-state index contributed by atoms with van der Waals surface area (Å²) < 4.78 is 0. The molecule has 1 aliphatic heterocycles. The van der Waals surface area contributed by atoms with Crippen LogP contribution < -0.4 is 11.2 Å². The van der Waals surface area contributed by atoms with E-state index in [0.717, 1.165) is 32.4 Å². The van der Waals surface area contributed by atoms with Gasteiger partial charge in [0.15, 0.2) is 0 Å². The number of hydrogen-bond donors (Lipinski definition) is 2. The van der Waals surface area contributed by atoms with Crippen LogP contribution in [-0.2, 0) is 4.79 Å². The van der Waals surface area contributed by atoms with Gasteiger partial charge in [-0.15, -0.1) is 0 Å². The molecule has 4 nitrogen and oxygen atoms in total. The van der Waals surface area contributed by atoms with E-state index in [0.29, 0.717) is 5.92 Å². The van der Waals surface area contributed by atoms with Crippen molar-refractivity contribution in [3.63, 3.8) is 0 Å². The molecule has 1 amide bonds. The average molecular weight is 239 g/mol. The van der Waals surface area contributed by atoms with E-state index < -0.39 is 0 Å². The van der Waals surface area contributed by atoms with Gasteiger partial charge in [-0.05, 0) is 31.6 Å². The van der Waals surface area contributed by atoms with Crippen molar-refractivity contribution in [2.45, 2.75) is 51.5 Å². The van der Waals surface area contributed by atoms with Gasteiger partial charge in [-0.25, -0.2) is 5.01 Å². The van der Waals surface area contributed by atoms with Gasteiger partial charge in [0, 0.05) is 25.0 Å². The predicted molar refractivity (Wildman–Crippen MR) is 68.0 cm³/mol. The van der Waals surface area contributed by atoms with Crippen LogP contribution in [-0.4, -0.2) is 30.0 Å². The van der Waals surface area contributed by atoms with Gasteiger partial charge in [-0.2, -0.15) is 0 Å². The molecule has 1 aliphatic carbocycles. The molecule has 0 radical (unpaired) electrons. The first-order valence-electron chi connectivity index (χ1n) is 6.99. The lowest BCUT2D eigenvalue weighted by atomic mass is 9.77. The highest BCUT2D eigenvalue weighted by molar-refractivity contribution is 5.78. The zero-order valence-electron chi connectivity index (χ0n) is 10.8. The van der Waals surface area contributed by atoms with Crippen LogP contribution >= 0.6 is 0 Å². The average Bonchev–Trinajstić information content (AvgIpc) is 2.34. The third-order valence-corrected chi connectivity index (χ3v) is 4.32. The summed E-state index contributed by atoms with van der Waals surface area (Å²) in [6.07, 6.45) is 6.82. The van der Waals surface area contributed by atoms with Gasteiger partial charge in [0.1, 0.15) is 0 Å². The maximum absolute atomic E-state index is 12.2. The Morgan fingerprint density at radius 2 is 1.88 bits per heavy atom. The Bertz CT molecular complexity index is 263. The number of rotatable bonds is 2. The fraction of sp³-hybridized carbons (Fsp3) is 0.923. The second-order valence-electron chi connectivity index (χ2n) is 5.58. The number of nitrogens with one attached hydrogen (secondary N) is 1. The lowest BCUT2D eigenvalue weighted by Gasteiger charge is -2.35. The fourth-order valence-corrected chi connectivity index (χ4v) is 3.01. The molecule has 17 heavy (non-hydrogen) atoms. The molecule has 1 heterocycles. The summed E-state index contributed by atoms with van der Waals surface area (Å²) in [6, 6.07) is 0.195. The van der Waals surface area contributed by atoms with Crippen molar-refractivity contribution in [2.75, 3.05) is 13.1 Å². The highest BCUT2D eigenvalue weighted by atomic mass is 16.2. The van der Waals surface area contributed by atoms with E-state index in [1.165, 1.54) is 19.3 Å². The SMILES string of the molecule is CC1C(N)CCCC1C(=O)NN1CCCCC1. The molecule has 1 saturated heterocycles. The number of piperidine rings is 1. The molecule has 2 fully saturated rings. The van der Waals surface area contributed by atoms with Crippen LogP contribution in [0.3, 0.4) is 0 Å². The lowest BCUT2D eigenvalue weighted by molar-refractivity contribution is -0.133. The number of hydrogen-bond acceptors (Lipinski definition) is 3. The van der Waals surface area contributed by atoms with Gasteiger partial charge in [0.25, 0.3) is 0 Å². The first-order chi connectivity index (χ1) is 8.18. The first kappa shape index (κ1) is 12.8. The van der Waals surface area contributed by atoms with Gasteiger partial charge in [-0.3, -0.25) is 10.2 Å². The zero-order chi connectivity index (χ0) is 12.3. The molecule has 3 N–H and O–H groups in total. The van der Waals surface area contributed by atoms with Crippen LogP contribution in [0.5, 0.6) is 0 Å². The van der Waals surface area contributed by atoms with Crippen molar-refractivity contribution in [3.05, 3.63) is 0 Å². The van der Waals surface area contributed by atoms with E-state index in [9.17, 15) is 4.79 Å². The highest BCUT2D eigenvalue weighted by Crippen LogP contribution is 2.29. The second kappa shape index (κ2) is 5.83. The van der Waals surface area contributed by atoms with Crippen LogP contribution in [0, 0.1) is 11.8 Å². The van der Waals surface area contributed by atoms with E-state index in [4.69, 9.17) is 5.73 Å². The molecule has 2 rings (SSSR count). The van der Waals surface area contributed by atoms with Gasteiger partial charge >= 0.3 is 0 Å². The molecule has 3 atom stereocenters. The van der Waals surface area contributed by atoms with E-state index in [2.05, 4.69) is 17.4 Å². The summed E-state index contributed by atoms with van der Waals surface area (Å²) in [5.41, 5.74) is 9.12. The third kappa shape index (κ3) is 3.19. The monoisotopic (exact) mass is 239 g/mol. The second-order valence-corrected chi connectivity index (χ2v) is 5.58. The van der Waals surface area contributed by atoms with Crippen LogP contribution in [0.25, 0.3) is 0 Å². The summed E-state index contributed by atoms with van der Waals surface area (Å²) >= 11 is 0. The summed E-state index contributed by atoms with van der Waals surface area (Å²) in [5.74, 6) is 0.615. The summed E-state index contributed by atoms with van der Waals surface area (Å²) in [4.78, 5) is 12.2. The molecule has 1 saturated carbocycles. The zero-order valence-corrected chi connectivity index (χ0v) is 10.8. The van der Waals surface area contributed by atoms with Gasteiger partial charge < -0.3 is 5.73 Å². The molecule has 0 bridgehead atoms. The molecular weight excluding hydrogens is 214 g/mol. The quantitative estimate of drug-likeness (QED) is 0.763. The predicted octanol–water partition coefficient (Wildman–Crippen LogP) is 1.27. The van der Waals surface area contributed by atoms with Crippen molar-refractivity contribution < 1.29 is 4.79 Å². The number of carbonyl (C=O) groups is 1. The van der Waals surface area contributed by atoms with Crippen LogP contribution in [0.2, 0.25) is 0 Å². The molecule has 3 unspecified atom stereocenters. The summed E-state index contributed by atoms with van der Waals surface area (Å²) in [5, 5.41) is 2.08. The Labute approximate surface area is 104 Å². The Kier molecular flexibility index (Phi) is 4.40. The molecule has 4 heteroatoms. The molecule has 0 spiro atoms. The number of hydrazine groups is 1. The number of amides is 1. The van der Waals surface area contributed by atoms with Crippen LogP contribution in [0.1, 0.15) is 45.4 Å². The normalized spacial score (nSPS) is 35.5. The topological polar surface area (TPSA) is 58.4 Å². The first-order valence-corrected chi connectivity index (χ1v) is 6.99. The van der Waals surface area contributed by atoms with Crippen molar-refractivity contribution >= 4 is 5.91 Å². The third-order valence-electron chi connectivity index (χ3n) is 4.32. The molecule has 0 aromatic heterocycles. The number of nitrogens with zero attached hydrogens (tertiary/aromatic N) is 1. The number of nitrogens with two attached hydrogens (primary N) is 1. The Morgan fingerprint density at radius 3 is 2.59 bits per heavy atom. The highest BCUT2D eigenvalue weighted by Gasteiger charge is 2.33. The standard InChI is InChI=1S/C13H25N3O/c1-10-11(6-5-7-12(10)14)13(17)15-16-8-3-2-4-9-16/h10-12H,2-9,14H2,1H3,(H,15,17). The van der Waals surface area contributed by atoms with E-state index in [1.54, 1.807) is 0 Å². The summed E-state index contributed by atoms with van der Waals surface area (Å²) in [6.45, 7) is 4.11. The maximum Gasteiger partial charge on any atom is 0.237 e. The van der Waals surface area contributed by atoms with Crippen molar-refractivity contribution in [1.82, 2.24) is 10.4 Å². The van der Waals surface area contributed by atoms with Gasteiger partial charge in [-0.1, -0.05) is 19.8 Å². The minimum atomic E-state index is 0.112. The molecule has 0 aromatic carbocycles. The van der Waals surface area contributed by atoms with Crippen molar-refractivity contribution in [3.8, 4) is 0 Å². The fourth-order valence-electron chi connectivity index (χ4n) is 3.01. The van der Waals surface area contributed by atoms with Crippen LogP contribution in [0.15, 0.2) is 0 Å². The van der Waals surface area contributed by atoms with Crippen molar-refractivity contribution in [2.24, 2.45) is 17.6 Å². The lowest BCUT2D eigenvalue weighted by Crippen LogP contribution is -2.51. The van der Waals surface area contributed by atoms with Gasteiger partial charge in [0.2, 0.25) is 5.91 Å². The van der Waals surface area contributed by atoms with Crippen molar-refractivity contribution in [1.29, 1.82) is 0 Å². The summed E-state index contributed by atoms with van der Waals surface area (Å²) in [7, 11) is 0. The van der Waals surface area contributed by atoms with Gasteiger partial charge in [0.05, 0.1) is 0 Å². The smallest absolute Gasteiger partial charge is 0.237 e. The van der Waals surface area contributed by atoms with E-state index in [1.807, 2.05) is 0 Å². The maximum atomic E-state index is 12.2. The Balaban J connectivity index is 1.85. The number of carbonyl (C=O) groups excluding carboxylic acids is 1. The molecule has 98 valence electrons. The minimum Gasteiger partial charge on any atom is -0.327 e. The Hall–Kier alpha value is -0.610. The van der Waals surface area contributed by atoms with E-state index in [-0.39, 0.29) is 17.9 Å². The molecular formula is C13H25N3O. The minimum absolute atomic E-state index is 0.112. The Morgan fingerprint density at radius 1 is 1.18 bits per heavy atom. The van der Waals surface area contributed by atoms with Crippen LogP contribution in [0.4, 0.5) is 0 Å².